The fraction of sp³-hybridized carbons (Fsp3) is 0.0500. The summed E-state index contributed by atoms with van der Waals surface area (Å²) in [4.78, 5) is 23.3. The van der Waals surface area contributed by atoms with E-state index >= 15 is 0 Å². The molecule has 9 nitrogen and oxygen atoms in total. The molecule has 0 radical (unpaired) electrons. The Morgan fingerprint density at radius 2 is 1.60 bits per heavy atom. The van der Waals surface area contributed by atoms with E-state index in [1.54, 1.807) is 48.7 Å². The van der Waals surface area contributed by atoms with E-state index in [9.17, 15) is 10.1 Å². The molecule has 0 unspecified atom stereocenters. The third kappa shape index (κ3) is 3.72. The number of ether oxygens (including phenoxy) is 3. The summed E-state index contributed by atoms with van der Waals surface area (Å²) in [5.41, 5.74) is 0.00221. The number of hydrogen-bond acceptors (Lipinski definition) is 8. The second-order valence-corrected chi connectivity index (χ2v) is 6.74. The highest BCUT2D eigenvalue weighted by atomic mass is 79.9. The van der Waals surface area contributed by atoms with Crippen molar-refractivity contribution in [3.63, 3.8) is 0 Å². The molecule has 0 aliphatic heterocycles. The lowest BCUT2D eigenvalue weighted by atomic mass is 10.2. The molecule has 0 atom stereocenters. The van der Waals surface area contributed by atoms with Crippen molar-refractivity contribution < 1.29 is 19.1 Å². The van der Waals surface area contributed by atoms with Crippen molar-refractivity contribution in [3.8, 4) is 29.0 Å². The highest BCUT2D eigenvalue weighted by Crippen LogP contribution is 2.41. The number of aromatic nitrogens is 3. The molecule has 0 bridgehead atoms. The SMILES string of the molecule is COc1ccccc1Oc1ncnc(Oc2ccc(Br)c3cccnc23)c1[N+](=O)[O-]. The van der Waals surface area contributed by atoms with Gasteiger partial charge in [0, 0.05) is 16.1 Å². The van der Waals surface area contributed by atoms with Gasteiger partial charge in [0.05, 0.1) is 12.0 Å². The lowest BCUT2D eigenvalue weighted by molar-refractivity contribution is -0.387. The standard InChI is InChI=1S/C20H13BrN4O5/c1-28-14-6-2-3-7-15(14)29-19-18(25(26)27)20(24-11-23-19)30-16-9-8-13(21)12-5-4-10-22-17(12)16/h2-11H,1H3. The molecule has 0 aliphatic carbocycles. The molecular formula is C20H13BrN4O5. The maximum atomic E-state index is 11.8. The van der Waals surface area contributed by atoms with Gasteiger partial charge in [-0.3, -0.25) is 15.1 Å². The maximum Gasteiger partial charge on any atom is 0.393 e. The van der Waals surface area contributed by atoms with Crippen LogP contribution in [0, 0.1) is 10.1 Å². The average molecular weight is 469 g/mol. The molecule has 0 spiro atoms. The minimum atomic E-state index is -0.658. The van der Waals surface area contributed by atoms with E-state index in [0.717, 1.165) is 16.2 Å². The number of halogens is 1. The summed E-state index contributed by atoms with van der Waals surface area (Å²) in [5, 5.41) is 12.6. The summed E-state index contributed by atoms with van der Waals surface area (Å²) >= 11 is 3.46. The molecule has 0 N–H and O–H groups in total. The molecule has 0 aliphatic rings. The summed E-state index contributed by atoms with van der Waals surface area (Å²) in [6, 6.07) is 13.8. The number of rotatable bonds is 6. The van der Waals surface area contributed by atoms with E-state index in [2.05, 4.69) is 30.9 Å². The van der Waals surface area contributed by atoms with Gasteiger partial charge in [0.1, 0.15) is 11.8 Å². The monoisotopic (exact) mass is 468 g/mol. The number of fused-ring (bicyclic) bond motifs is 1. The molecule has 10 heteroatoms. The first-order valence-corrected chi connectivity index (χ1v) is 9.39. The van der Waals surface area contributed by atoms with Crippen LogP contribution in [-0.2, 0) is 0 Å². The topological polar surface area (TPSA) is 110 Å². The van der Waals surface area contributed by atoms with Crippen LogP contribution in [0.2, 0.25) is 0 Å². The van der Waals surface area contributed by atoms with Gasteiger partial charge in [-0.1, -0.05) is 34.1 Å². The molecular weight excluding hydrogens is 456 g/mol. The third-order valence-corrected chi connectivity index (χ3v) is 4.79. The van der Waals surface area contributed by atoms with Crippen molar-refractivity contribution in [3.05, 3.63) is 75.6 Å². The summed E-state index contributed by atoms with van der Waals surface area (Å²) in [6.45, 7) is 0. The first kappa shape index (κ1) is 19.5. The number of methoxy groups -OCH3 is 1. The van der Waals surface area contributed by atoms with Gasteiger partial charge >= 0.3 is 17.4 Å². The number of nitrogens with zero attached hydrogens (tertiary/aromatic N) is 4. The highest BCUT2D eigenvalue weighted by Gasteiger charge is 2.28. The van der Waals surface area contributed by atoms with Gasteiger partial charge in [0.2, 0.25) is 0 Å². The predicted molar refractivity (Wildman–Crippen MR) is 111 cm³/mol. The number of benzene rings is 2. The Labute approximate surface area is 178 Å². The van der Waals surface area contributed by atoms with Crippen molar-refractivity contribution in [2.45, 2.75) is 0 Å². The summed E-state index contributed by atoms with van der Waals surface area (Å²) < 4.78 is 17.5. The third-order valence-electron chi connectivity index (χ3n) is 4.10. The van der Waals surface area contributed by atoms with E-state index in [1.165, 1.54) is 7.11 Å². The van der Waals surface area contributed by atoms with Gasteiger partial charge in [-0.25, -0.2) is 0 Å². The van der Waals surface area contributed by atoms with Crippen LogP contribution in [0.1, 0.15) is 0 Å². The lowest BCUT2D eigenvalue weighted by Gasteiger charge is -2.11. The molecule has 150 valence electrons. The zero-order valence-corrected chi connectivity index (χ0v) is 17.1. The smallest absolute Gasteiger partial charge is 0.393 e. The van der Waals surface area contributed by atoms with E-state index in [-0.39, 0.29) is 17.5 Å². The van der Waals surface area contributed by atoms with Gasteiger partial charge in [-0.15, -0.1) is 0 Å². The summed E-state index contributed by atoms with van der Waals surface area (Å²) in [7, 11) is 1.47. The molecule has 2 heterocycles. The molecule has 4 aromatic rings. The minimum absolute atomic E-state index is 0.267. The molecule has 0 fully saturated rings. The van der Waals surface area contributed by atoms with Crippen molar-refractivity contribution in [2.75, 3.05) is 7.11 Å². The number of hydrogen-bond donors (Lipinski definition) is 0. The van der Waals surface area contributed by atoms with Crippen LogP contribution in [0.25, 0.3) is 10.9 Å². The fourth-order valence-electron chi connectivity index (χ4n) is 2.76. The Bertz CT molecular complexity index is 1250. The van der Waals surface area contributed by atoms with Gasteiger partial charge < -0.3 is 14.2 Å². The Kier molecular flexibility index (Phi) is 5.40. The van der Waals surface area contributed by atoms with Crippen LogP contribution >= 0.6 is 15.9 Å². The minimum Gasteiger partial charge on any atom is -0.493 e. The number of nitro groups is 1. The highest BCUT2D eigenvalue weighted by molar-refractivity contribution is 9.10. The first-order valence-electron chi connectivity index (χ1n) is 8.60. The van der Waals surface area contributed by atoms with Crippen LogP contribution in [0.4, 0.5) is 5.69 Å². The van der Waals surface area contributed by atoms with Crippen molar-refractivity contribution in [1.29, 1.82) is 0 Å². The molecule has 0 saturated heterocycles. The normalized spacial score (nSPS) is 10.6. The number of para-hydroxylation sites is 2. The largest absolute Gasteiger partial charge is 0.493 e. The predicted octanol–water partition coefficient (Wildman–Crippen LogP) is 5.29. The quantitative estimate of drug-likeness (QED) is 0.277. The van der Waals surface area contributed by atoms with Crippen molar-refractivity contribution in [1.82, 2.24) is 15.0 Å². The van der Waals surface area contributed by atoms with E-state index < -0.39 is 10.6 Å². The molecule has 2 aromatic carbocycles. The zero-order chi connectivity index (χ0) is 21.1. The average Bonchev–Trinajstić information content (AvgIpc) is 2.76. The second-order valence-electron chi connectivity index (χ2n) is 5.89. The Hall–Kier alpha value is -3.79. The summed E-state index contributed by atoms with van der Waals surface area (Å²) in [5.74, 6) is 0.427. The Balaban J connectivity index is 1.78. The van der Waals surface area contributed by atoms with Gasteiger partial charge in [-0.2, -0.15) is 9.97 Å². The van der Waals surface area contributed by atoms with Crippen LogP contribution in [0.15, 0.2) is 65.5 Å². The molecule has 4 rings (SSSR count). The molecule has 30 heavy (non-hydrogen) atoms. The summed E-state index contributed by atoms with van der Waals surface area (Å²) in [6.07, 6.45) is 2.73. The zero-order valence-electron chi connectivity index (χ0n) is 15.5. The van der Waals surface area contributed by atoms with Gasteiger partial charge in [-0.05, 0) is 30.3 Å². The first-order chi connectivity index (χ1) is 14.6. The van der Waals surface area contributed by atoms with E-state index in [0.29, 0.717) is 17.0 Å². The molecule has 0 saturated carbocycles. The van der Waals surface area contributed by atoms with E-state index in [1.807, 2.05) is 6.07 Å². The van der Waals surface area contributed by atoms with Crippen molar-refractivity contribution in [2.24, 2.45) is 0 Å². The van der Waals surface area contributed by atoms with E-state index in [4.69, 9.17) is 14.2 Å². The molecule has 2 aromatic heterocycles. The number of pyridine rings is 1. The van der Waals surface area contributed by atoms with Gasteiger partial charge in [0.25, 0.3) is 0 Å². The van der Waals surface area contributed by atoms with Gasteiger partial charge in [0.15, 0.2) is 17.2 Å². The lowest BCUT2D eigenvalue weighted by Crippen LogP contribution is -2.02. The van der Waals surface area contributed by atoms with Crippen LogP contribution in [0.3, 0.4) is 0 Å². The van der Waals surface area contributed by atoms with Crippen LogP contribution in [0.5, 0.6) is 29.0 Å². The fourth-order valence-corrected chi connectivity index (χ4v) is 3.21. The Morgan fingerprint density at radius 1 is 0.900 bits per heavy atom. The molecule has 0 amide bonds. The Morgan fingerprint density at radius 3 is 2.30 bits per heavy atom. The second kappa shape index (κ2) is 8.29. The van der Waals surface area contributed by atoms with Crippen LogP contribution in [-0.4, -0.2) is 27.0 Å². The maximum absolute atomic E-state index is 11.8. The van der Waals surface area contributed by atoms with Crippen molar-refractivity contribution >= 4 is 32.5 Å². The van der Waals surface area contributed by atoms with Crippen LogP contribution < -0.4 is 14.2 Å².